The van der Waals surface area contributed by atoms with Crippen LogP contribution in [0.5, 0.6) is 0 Å². The first-order valence-corrected chi connectivity index (χ1v) is 7.00. The van der Waals surface area contributed by atoms with Crippen molar-refractivity contribution in [2.45, 2.75) is 67.4 Å². The van der Waals surface area contributed by atoms with E-state index in [1.165, 1.54) is 0 Å². The smallest absolute Gasteiger partial charge is 0.396 e. The Labute approximate surface area is 146 Å². The van der Waals surface area contributed by atoms with E-state index in [1.54, 1.807) is 0 Å². The summed E-state index contributed by atoms with van der Waals surface area (Å²) in [6.45, 7) is -0.672. The minimum Gasteiger partial charge on any atom is -0.396 e. The molecule has 16 heteroatoms. The van der Waals surface area contributed by atoms with Gasteiger partial charge in [-0.3, -0.25) is 0 Å². The van der Waals surface area contributed by atoms with Gasteiger partial charge in [-0.2, -0.15) is 65.9 Å². The highest BCUT2D eigenvalue weighted by Crippen LogP contribution is 2.62. The van der Waals surface area contributed by atoms with Gasteiger partial charge in [0.2, 0.25) is 0 Å². The number of aliphatic hydroxyl groups excluding tert-OH is 1. The molecule has 0 atom stereocenters. The van der Waals surface area contributed by atoms with Crippen molar-refractivity contribution in [2.24, 2.45) is 0 Å². The lowest BCUT2D eigenvalue weighted by Gasteiger charge is -2.41. The molecule has 0 aliphatic heterocycles. The van der Waals surface area contributed by atoms with E-state index in [1.807, 2.05) is 0 Å². The minimum absolute atomic E-state index is 0.329. The van der Waals surface area contributed by atoms with Crippen LogP contribution in [0.25, 0.3) is 0 Å². The third kappa shape index (κ3) is 3.97. The van der Waals surface area contributed by atoms with Crippen LogP contribution in [0.3, 0.4) is 0 Å². The Morgan fingerprint density at radius 2 is 0.786 bits per heavy atom. The quantitative estimate of drug-likeness (QED) is 0.320. The maximum absolute atomic E-state index is 13.3. The summed E-state index contributed by atoms with van der Waals surface area (Å²) in [5, 5.41) is 8.32. The van der Waals surface area contributed by atoms with Gasteiger partial charge in [0, 0.05) is 13.0 Å². The van der Waals surface area contributed by atoms with Crippen LogP contribution in [-0.2, 0) is 0 Å². The monoisotopic (exact) mass is 456 g/mol. The van der Waals surface area contributed by atoms with E-state index in [4.69, 9.17) is 5.11 Å². The molecule has 1 N–H and O–H groups in total. The minimum atomic E-state index is -8.24. The molecule has 0 spiro atoms. The van der Waals surface area contributed by atoms with Crippen molar-refractivity contribution in [2.75, 3.05) is 6.61 Å². The largest absolute Gasteiger partial charge is 0.460 e. The molecule has 0 saturated heterocycles. The molecule has 0 bridgehead atoms. The number of rotatable bonds is 10. The van der Waals surface area contributed by atoms with E-state index < -0.39 is 67.6 Å². The summed E-state index contributed by atoms with van der Waals surface area (Å²) in [5.41, 5.74) is 0. The molecule has 0 aliphatic carbocycles. The zero-order valence-electron chi connectivity index (χ0n) is 13.2. The first-order chi connectivity index (χ1) is 12.1. The molecule has 0 aliphatic rings. The number of alkyl halides is 15. The van der Waals surface area contributed by atoms with Crippen LogP contribution in [-0.4, -0.2) is 53.4 Å². The number of hydrogen-bond acceptors (Lipinski definition) is 1. The molecule has 28 heavy (non-hydrogen) atoms. The molecular formula is C12H11F15O. The van der Waals surface area contributed by atoms with Gasteiger partial charge in [-0.15, -0.1) is 0 Å². The first-order valence-electron chi connectivity index (χ1n) is 7.00. The third-order valence-electron chi connectivity index (χ3n) is 3.54. The zero-order chi connectivity index (χ0) is 23.0. The average Bonchev–Trinajstić information content (AvgIpc) is 2.49. The second kappa shape index (κ2) is 7.63. The van der Waals surface area contributed by atoms with E-state index in [9.17, 15) is 65.9 Å². The Morgan fingerprint density at radius 1 is 0.429 bits per heavy atom. The summed E-state index contributed by atoms with van der Waals surface area (Å²) in [6, 6.07) is 0. The molecule has 0 amide bonds. The van der Waals surface area contributed by atoms with Gasteiger partial charge in [-0.05, 0) is 12.8 Å². The molecule has 0 aromatic heterocycles. The molecule has 0 radical (unpaired) electrons. The molecule has 0 rings (SSSR count). The number of aliphatic hydroxyl groups is 1. The van der Waals surface area contributed by atoms with Gasteiger partial charge < -0.3 is 5.11 Å². The van der Waals surface area contributed by atoms with E-state index in [-0.39, 0.29) is 6.42 Å². The lowest BCUT2D eigenvalue weighted by Crippen LogP contribution is -2.72. The molecule has 170 valence electrons. The molecule has 0 unspecified atom stereocenters. The Morgan fingerprint density at radius 3 is 1.14 bits per heavy atom. The summed E-state index contributed by atoms with van der Waals surface area (Å²) < 4.78 is 193. The van der Waals surface area contributed by atoms with Gasteiger partial charge in [-0.1, -0.05) is 6.42 Å². The van der Waals surface area contributed by atoms with E-state index in [2.05, 4.69) is 0 Å². The van der Waals surface area contributed by atoms with Crippen molar-refractivity contribution in [3.05, 3.63) is 0 Å². The molecule has 0 saturated carbocycles. The van der Waals surface area contributed by atoms with Crippen LogP contribution in [0.4, 0.5) is 65.9 Å². The highest BCUT2D eigenvalue weighted by atomic mass is 19.4. The number of halogens is 15. The van der Waals surface area contributed by atoms with E-state index >= 15 is 0 Å². The van der Waals surface area contributed by atoms with Gasteiger partial charge >= 0.3 is 41.7 Å². The summed E-state index contributed by atoms with van der Waals surface area (Å²) >= 11 is 0. The van der Waals surface area contributed by atoms with Crippen molar-refractivity contribution < 1.29 is 71.0 Å². The Hall–Kier alpha value is -1.09. The Balaban J connectivity index is 6.10. The SMILES string of the molecule is OCCCCCC(F)(F)C(F)(F)C(F)(F)C(F)(F)C(F)(F)C(F)(F)C(F)(F)F. The first kappa shape index (κ1) is 26.9. The van der Waals surface area contributed by atoms with Crippen molar-refractivity contribution in [1.82, 2.24) is 0 Å². The maximum Gasteiger partial charge on any atom is 0.460 e. The normalized spacial score (nSPS) is 15.9. The van der Waals surface area contributed by atoms with Crippen molar-refractivity contribution in [3.8, 4) is 0 Å². The summed E-state index contributed by atoms with van der Waals surface area (Å²) in [5.74, 6) is -46.1. The summed E-state index contributed by atoms with van der Waals surface area (Å²) in [4.78, 5) is 0. The van der Waals surface area contributed by atoms with Crippen LogP contribution >= 0.6 is 0 Å². The van der Waals surface area contributed by atoms with E-state index in [0.717, 1.165) is 0 Å². The highest BCUT2D eigenvalue weighted by molar-refractivity contribution is 5.12. The predicted octanol–water partition coefficient (Wildman–Crippen LogP) is 5.91. The second-order valence-electron chi connectivity index (χ2n) is 5.61. The van der Waals surface area contributed by atoms with Crippen molar-refractivity contribution in [3.63, 3.8) is 0 Å². The van der Waals surface area contributed by atoms with E-state index in [0.29, 0.717) is 0 Å². The topological polar surface area (TPSA) is 20.2 Å². The number of unbranched alkanes of at least 4 members (excludes halogenated alkanes) is 2. The number of hydrogen-bond donors (Lipinski definition) is 1. The van der Waals surface area contributed by atoms with Crippen molar-refractivity contribution in [1.29, 1.82) is 0 Å². The molecule has 0 heterocycles. The molecular weight excluding hydrogens is 445 g/mol. The van der Waals surface area contributed by atoms with Crippen LogP contribution < -0.4 is 0 Å². The zero-order valence-corrected chi connectivity index (χ0v) is 13.2. The summed E-state index contributed by atoms with van der Waals surface area (Å²) in [6.07, 6.45) is -11.9. The molecule has 0 aromatic rings. The summed E-state index contributed by atoms with van der Waals surface area (Å²) in [7, 11) is 0. The lowest BCUT2D eigenvalue weighted by molar-refractivity contribution is -0.452. The van der Waals surface area contributed by atoms with Crippen LogP contribution in [0.2, 0.25) is 0 Å². The fraction of sp³-hybridized carbons (Fsp3) is 1.00. The highest BCUT2D eigenvalue weighted by Gasteiger charge is 2.93. The fourth-order valence-corrected chi connectivity index (χ4v) is 1.79. The van der Waals surface area contributed by atoms with Gasteiger partial charge in [0.05, 0.1) is 0 Å². The lowest BCUT2D eigenvalue weighted by atomic mass is 9.89. The van der Waals surface area contributed by atoms with Gasteiger partial charge in [0.1, 0.15) is 0 Å². The standard InChI is InChI=1S/C12H11F15O/c13-6(14,4-2-1-3-5-28)7(15,16)8(17,18)9(19,20)10(21,22)11(23,24)12(25,26)27/h28H,1-5H2. The molecule has 0 fully saturated rings. The maximum atomic E-state index is 13.3. The Kier molecular flexibility index (Phi) is 7.33. The van der Waals surface area contributed by atoms with Crippen LogP contribution in [0, 0.1) is 0 Å². The Bertz CT molecular complexity index is 522. The van der Waals surface area contributed by atoms with Crippen LogP contribution in [0.15, 0.2) is 0 Å². The predicted molar refractivity (Wildman–Crippen MR) is 61.3 cm³/mol. The molecule has 1 nitrogen and oxygen atoms in total. The third-order valence-corrected chi connectivity index (χ3v) is 3.54. The van der Waals surface area contributed by atoms with Crippen LogP contribution in [0.1, 0.15) is 25.7 Å². The van der Waals surface area contributed by atoms with Gasteiger partial charge in [-0.25, -0.2) is 0 Å². The average molecular weight is 456 g/mol. The second-order valence-corrected chi connectivity index (χ2v) is 5.61. The van der Waals surface area contributed by atoms with Gasteiger partial charge in [0.25, 0.3) is 0 Å². The fourth-order valence-electron chi connectivity index (χ4n) is 1.79. The molecule has 0 aromatic carbocycles. The van der Waals surface area contributed by atoms with Crippen molar-refractivity contribution >= 4 is 0 Å². The van der Waals surface area contributed by atoms with Gasteiger partial charge in [0.15, 0.2) is 0 Å².